The Morgan fingerprint density at radius 2 is 2.18 bits per heavy atom. The monoisotopic (exact) mass is 232 g/mol. The van der Waals surface area contributed by atoms with Crippen molar-refractivity contribution in [3.63, 3.8) is 0 Å². The second-order valence-corrected chi connectivity index (χ2v) is 4.13. The molecule has 0 unspecified atom stereocenters. The molecule has 3 nitrogen and oxygen atoms in total. The van der Waals surface area contributed by atoms with E-state index in [1.807, 2.05) is 19.2 Å². The van der Waals surface area contributed by atoms with Gasteiger partial charge in [0.05, 0.1) is 12.6 Å². The summed E-state index contributed by atoms with van der Waals surface area (Å²) in [6.45, 7) is 4.15. The third kappa shape index (κ3) is 2.15. The largest absolute Gasteiger partial charge is 0.495 e. The van der Waals surface area contributed by atoms with Crippen molar-refractivity contribution in [2.45, 2.75) is 19.9 Å². The molecule has 2 rings (SSSR count). The zero-order valence-corrected chi connectivity index (χ0v) is 10.8. The van der Waals surface area contributed by atoms with Gasteiger partial charge >= 0.3 is 0 Å². The molecule has 0 radical (unpaired) electrons. The molecular weight excluding hydrogens is 212 g/mol. The summed E-state index contributed by atoms with van der Waals surface area (Å²) < 4.78 is 7.79. The van der Waals surface area contributed by atoms with Gasteiger partial charge in [-0.15, -0.1) is 0 Å². The van der Waals surface area contributed by atoms with Gasteiger partial charge in [-0.05, 0) is 26.1 Å². The zero-order valence-electron chi connectivity index (χ0n) is 10.8. The van der Waals surface area contributed by atoms with E-state index in [2.05, 4.69) is 28.9 Å². The first-order valence-corrected chi connectivity index (χ1v) is 6.11. The molecule has 0 atom stereocenters. The first-order valence-electron chi connectivity index (χ1n) is 6.11. The summed E-state index contributed by atoms with van der Waals surface area (Å²) in [6.07, 6.45) is 1.04. The van der Waals surface area contributed by atoms with Crippen molar-refractivity contribution in [3.8, 4) is 5.75 Å². The predicted molar refractivity (Wildman–Crippen MR) is 71.8 cm³/mol. The molecule has 1 N–H and O–H groups in total. The standard InChI is InChI=1S/C14H20N2O/c1-4-16-12(8-9-15-2)10-11-6-5-7-13(17-3)14(11)16/h5-7,10,15H,4,8-9H2,1-3H3. The van der Waals surface area contributed by atoms with Crippen LogP contribution in [0.2, 0.25) is 0 Å². The van der Waals surface area contributed by atoms with Crippen LogP contribution in [-0.4, -0.2) is 25.3 Å². The minimum absolute atomic E-state index is 0.958. The second-order valence-electron chi connectivity index (χ2n) is 4.13. The fourth-order valence-electron chi connectivity index (χ4n) is 2.33. The van der Waals surface area contributed by atoms with E-state index < -0.39 is 0 Å². The summed E-state index contributed by atoms with van der Waals surface area (Å²) in [5.74, 6) is 0.958. The maximum absolute atomic E-state index is 5.45. The first-order chi connectivity index (χ1) is 8.31. The number of ether oxygens (including phenoxy) is 1. The van der Waals surface area contributed by atoms with Crippen LogP contribution in [0, 0.1) is 0 Å². The van der Waals surface area contributed by atoms with Gasteiger partial charge < -0.3 is 14.6 Å². The molecule has 0 aliphatic rings. The summed E-state index contributed by atoms with van der Waals surface area (Å²) in [7, 11) is 3.72. The summed E-state index contributed by atoms with van der Waals surface area (Å²) in [5, 5.41) is 4.46. The number of benzene rings is 1. The number of aryl methyl sites for hydroxylation is 1. The van der Waals surface area contributed by atoms with Gasteiger partial charge in [-0.3, -0.25) is 0 Å². The van der Waals surface area contributed by atoms with E-state index >= 15 is 0 Å². The van der Waals surface area contributed by atoms with Crippen LogP contribution in [0.1, 0.15) is 12.6 Å². The van der Waals surface area contributed by atoms with Crippen LogP contribution in [0.15, 0.2) is 24.3 Å². The van der Waals surface area contributed by atoms with Gasteiger partial charge in [-0.2, -0.15) is 0 Å². The van der Waals surface area contributed by atoms with Gasteiger partial charge in [0, 0.05) is 30.6 Å². The summed E-state index contributed by atoms with van der Waals surface area (Å²) in [6, 6.07) is 8.48. The van der Waals surface area contributed by atoms with Gasteiger partial charge in [0.1, 0.15) is 5.75 Å². The summed E-state index contributed by atoms with van der Waals surface area (Å²) in [5.41, 5.74) is 2.57. The molecule has 92 valence electrons. The van der Waals surface area contributed by atoms with Crippen molar-refractivity contribution in [2.24, 2.45) is 0 Å². The number of hydrogen-bond acceptors (Lipinski definition) is 2. The smallest absolute Gasteiger partial charge is 0.143 e. The molecule has 0 saturated carbocycles. The number of nitrogens with zero attached hydrogens (tertiary/aromatic N) is 1. The maximum atomic E-state index is 5.45. The lowest BCUT2D eigenvalue weighted by Crippen LogP contribution is -2.13. The molecule has 0 saturated heterocycles. The van der Waals surface area contributed by atoms with Crippen LogP contribution in [0.3, 0.4) is 0 Å². The number of nitrogens with one attached hydrogen (secondary N) is 1. The first kappa shape index (κ1) is 12.0. The number of methoxy groups -OCH3 is 1. The van der Waals surface area contributed by atoms with Gasteiger partial charge in [-0.25, -0.2) is 0 Å². The van der Waals surface area contributed by atoms with Gasteiger partial charge in [0.2, 0.25) is 0 Å². The molecule has 1 heterocycles. The molecule has 0 aliphatic carbocycles. The molecule has 0 bridgehead atoms. The molecule has 0 spiro atoms. The normalized spacial score (nSPS) is 11.0. The fourth-order valence-corrected chi connectivity index (χ4v) is 2.33. The van der Waals surface area contributed by atoms with Gasteiger partial charge in [-0.1, -0.05) is 12.1 Å². The highest BCUT2D eigenvalue weighted by molar-refractivity contribution is 5.87. The molecule has 17 heavy (non-hydrogen) atoms. The van der Waals surface area contributed by atoms with Crippen LogP contribution in [0.4, 0.5) is 0 Å². The van der Waals surface area contributed by atoms with Crippen LogP contribution in [0.5, 0.6) is 5.75 Å². The van der Waals surface area contributed by atoms with Gasteiger partial charge in [0.15, 0.2) is 0 Å². The molecular formula is C14H20N2O. The molecule has 0 fully saturated rings. The van der Waals surface area contributed by atoms with E-state index in [1.165, 1.54) is 16.6 Å². The Balaban J connectivity index is 2.55. The third-order valence-corrected chi connectivity index (χ3v) is 3.14. The fraction of sp³-hybridized carbons (Fsp3) is 0.429. The zero-order chi connectivity index (χ0) is 12.3. The van der Waals surface area contributed by atoms with E-state index in [4.69, 9.17) is 4.74 Å². The lowest BCUT2D eigenvalue weighted by atomic mass is 10.2. The van der Waals surface area contributed by atoms with Crippen LogP contribution in [0.25, 0.3) is 10.9 Å². The number of para-hydroxylation sites is 1. The molecule has 0 amide bonds. The Hall–Kier alpha value is -1.48. The second kappa shape index (κ2) is 5.23. The Labute approximate surface area is 102 Å². The number of likely N-dealkylation sites (N-methyl/N-ethyl adjacent to an activating group) is 1. The molecule has 2 aromatic rings. The topological polar surface area (TPSA) is 26.2 Å². The SMILES string of the molecule is CCn1c(CCNC)cc2cccc(OC)c21. The quantitative estimate of drug-likeness (QED) is 0.857. The Kier molecular flexibility index (Phi) is 3.69. The number of aromatic nitrogens is 1. The van der Waals surface area contributed by atoms with Crippen molar-refractivity contribution in [2.75, 3.05) is 20.7 Å². The predicted octanol–water partition coefficient (Wildman–Crippen LogP) is 2.43. The van der Waals surface area contributed by atoms with Crippen molar-refractivity contribution < 1.29 is 4.74 Å². The highest BCUT2D eigenvalue weighted by Crippen LogP contribution is 2.28. The van der Waals surface area contributed by atoms with E-state index in [9.17, 15) is 0 Å². The van der Waals surface area contributed by atoms with Crippen LogP contribution < -0.4 is 10.1 Å². The minimum atomic E-state index is 0.958. The number of hydrogen-bond donors (Lipinski definition) is 1. The molecule has 1 aromatic heterocycles. The molecule has 0 aliphatic heterocycles. The van der Waals surface area contributed by atoms with E-state index in [1.54, 1.807) is 7.11 Å². The number of rotatable bonds is 5. The van der Waals surface area contributed by atoms with Crippen molar-refractivity contribution in [3.05, 3.63) is 30.0 Å². The maximum Gasteiger partial charge on any atom is 0.143 e. The Bertz CT molecular complexity index is 502. The molecule has 1 aromatic carbocycles. The van der Waals surface area contributed by atoms with Gasteiger partial charge in [0.25, 0.3) is 0 Å². The van der Waals surface area contributed by atoms with E-state index in [-0.39, 0.29) is 0 Å². The minimum Gasteiger partial charge on any atom is -0.495 e. The van der Waals surface area contributed by atoms with Crippen LogP contribution in [-0.2, 0) is 13.0 Å². The van der Waals surface area contributed by atoms with Crippen molar-refractivity contribution in [1.29, 1.82) is 0 Å². The van der Waals surface area contributed by atoms with E-state index in [0.717, 1.165) is 25.3 Å². The average molecular weight is 232 g/mol. The highest BCUT2D eigenvalue weighted by Gasteiger charge is 2.10. The van der Waals surface area contributed by atoms with Crippen molar-refractivity contribution in [1.82, 2.24) is 9.88 Å². The van der Waals surface area contributed by atoms with Crippen LogP contribution >= 0.6 is 0 Å². The Morgan fingerprint density at radius 1 is 1.35 bits per heavy atom. The lowest BCUT2D eigenvalue weighted by Gasteiger charge is -2.10. The third-order valence-electron chi connectivity index (χ3n) is 3.14. The van der Waals surface area contributed by atoms with Crippen molar-refractivity contribution >= 4 is 10.9 Å². The summed E-state index contributed by atoms with van der Waals surface area (Å²) >= 11 is 0. The number of fused-ring (bicyclic) bond motifs is 1. The summed E-state index contributed by atoms with van der Waals surface area (Å²) in [4.78, 5) is 0. The average Bonchev–Trinajstić information content (AvgIpc) is 2.73. The lowest BCUT2D eigenvalue weighted by molar-refractivity contribution is 0.417. The Morgan fingerprint density at radius 3 is 2.82 bits per heavy atom. The molecule has 3 heteroatoms. The highest BCUT2D eigenvalue weighted by atomic mass is 16.5. The van der Waals surface area contributed by atoms with E-state index in [0.29, 0.717) is 0 Å².